The fraction of sp³-hybridized carbons (Fsp3) is 0.550. The van der Waals surface area contributed by atoms with Crippen molar-refractivity contribution < 1.29 is 4.39 Å². The van der Waals surface area contributed by atoms with Gasteiger partial charge in [-0.25, -0.2) is 4.39 Å². The Bertz CT molecular complexity index is 750. The van der Waals surface area contributed by atoms with Crippen LogP contribution in [0.3, 0.4) is 0 Å². The van der Waals surface area contributed by atoms with Crippen molar-refractivity contribution in [3.8, 4) is 0 Å². The molecule has 3 rings (SSSR count). The number of nitrogens with zero attached hydrogens (tertiary/aromatic N) is 2. The fourth-order valence-corrected chi connectivity index (χ4v) is 3.62. The highest BCUT2D eigenvalue weighted by molar-refractivity contribution is 14.0. The van der Waals surface area contributed by atoms with Gasteiger partial charge in [-0.15, -0.1) is 24.0 Å². The lowest BCUT2D eigenvalue weighted by atomic mass is 10.0. The van der Waals surface area contributed by atoms with Gasteiger partial charge in [-0.3, -0.25) is 4.99 Å². The molecule has 1 fully saturated rings. The molecule has 2 heterocycles. The van der Waals surface area contributed by atoms with Crippen LogP contribution >= 0.6 is 24.0 Å². The van der Waals surface area contributed by atoms with Gasteiger partial charge in [-0.2, -0.15) is 0 Å². The molecule has 0 radical (unpaired) electrons. The number of H-pyrrole nitrogens is 1. The second-order valence-electron chi connectivity index (χ2n) is 7.30. The van der Waals surface area contributed by atoms with Gasteiger partial charge in [-0.1, -0.05) is 0 Å². The molecule has 0 unspecified atom stereocenters. The Labute approximate surface area is 178 Å². The van der Waals surface area contributed by atoms with Crippen LogP contribution in [0.15, 0.2) is 29.4 Å². The van der Waals surface area contributed by atoms with Crippen molar-refractivity contribution in [2.24, 2.45) is 4.99 Å². The Hall–Kier alpha value is -1.35. The Kier molecular flexibility index (Phi) is 8.34. The first kappa shape index (κ1) is 21.9. The molecule has 1 aliphatic rings. The van der Waals surface area contributed by atoms with Crippen molar-refractivity contribution in [3.05, 3.63) is 35.8 Å². The van der Waals surface area contributed by atoms with E-state index < -0.39 is 0 Å². The molecule has 1 saturated heterocycles. The number of likely N-dealkylation sites (tertiary alicyclic amines) is 1. The molecule has 0 aliphatic carbocycles. The Morgan fingerprint density at radius 3 is 2.74 bits per heavy atom. The topological polar surface area (TPSA) is 55.5 Å². The molecule has 0 atom stereocenters. The van der Waals surface area contributed by atoms with Crippen molar-refractivity contribution in [3.63, 3.8) is 0 Å². The zero-order valence-electron chi connectivity index (χ0n) is 16.4. The van der Waals surface area contributed by atoms with E-state index in [-0.39, 0.29) is 29.8 Å². The largest absolute Gasteiger partial charge is 0.361 e. The van der Waals surface area contributed by atoms with Gasteiger partial charge in [0.15, 0.2) is 5.96 Å². The summed E-state index contributed by atoms with van der Waals surface area (Å²) in [6.07, 6.45) is 5.06. The Balaban J connectivity index is 0.00000261. The summed E-state index contributed by atoms with van der Waals surface area (Å²) >= 11 is 0. The van der Waals surface area contributed by atoms with E-state index >= 15 is 0 Å². The number of fused-ring (bicyclic) bond motifs is 1. The van der Waals surface area contributed by atoms with Crippen molar-refractivity contribution in [1.29, 1.82) is 0 Å². The molecular weight excluding hydrogens is 456 g/mol. The normalized spacial score (nSPS) is 16.6. The van der Waals surface area contributed by atoms with E-state index in [9.17, 15) is 4.39 Å². The maximum Gasteiger partial charge on any atom is 0.191 e. The van der Waals surface area contributed by atoms with Crippen LogP contribution in [0.25, 0.3) is 10.9 Å². The monoisotopic (exact) mass is 487 g/mol. The number of nitrogens with one attached hydrogen (secondary N) is 3. The van der Waals surface area contributed by atoms with Crippen molar-refractivity contribution in [2.45, 2.75) is 45.2 Å². The lowest BCUT2D eigenvalue weighted by molar-refractivity contribution is 0.167. The summed E-state index contributed by atoms with van der Waals surface area (Å²) in [5, 5.41) is 7.88. The predicted molar refractivity (Wildman–Crippen MR) is 122 cm³/mol. The summed E-state index contributed by atoms with van der Waals surface area (Å²) in [6.45, 7) is 7.53. The van der Waals surface area contributed by atoms with E-state index in [4.69, 9.17) is 0 Å². The number of hydrogen-bond donors (Lipinski definition) is 3. The van der Waals surface area contributed by atoms with Crippen molar-refractivity contribution in [2.75, 3.05) is 26.7 Å². The molecule has 7 heteroatoms. The van der Waals surface area contributed by atoms with E-state index in [0.29, 0.717) is 12.1 Å². The average molecular weight is 487 g/mol. The van der Waals surface area contributed by atoms with E-state index in [2.05, 4.69) is 39.4 Å². The summed E-state index contributed by atoms with van der Waals surface area (Å²) in [7, 11) is 1.81. The minimum Gasteiger partial charge on any atom is -0.361 e. The molecular formula is C20H31FIN5. The number of piperidine rings is 1. The number of aromatic nitrogens is 1. The van der Waals surface area contributed by atoms with Crippen LogP contribution in [-0.2, 0) is 6.42 Å². The molecule has 27 heavy (non-hydrogen) atoms. The maximum absolute atomic E-state index is 13.5. The molecule has 1 aliphatic heterocycles. The number of benzene rings is 1. The molecule has 1 aromatic carbocycles. The zero-order valence-corrected chi connectivity index (χ0v) is 18.7. The number of aromatic amines is 1. The zero-order chi connectivity index (χ0) is 18.5. The van der Waals surface area contributed by atoms with Gasteiger partial charge in [-0.05, 0) is 56.9 Å². The first-order chi connectivity index (χ1) is 12.6. The first-order valence-corrected chi connectivity index (χ1v) is 9.53. The van der Waals surface area contributed by atoms with Crippen LogP contribution in [0, 0.1) is 5.82 Å². The van der Waals surface area contributed by atoms with Crippen LogP contribution in [0.2, 0.25) is 0 Å². The summed E-state index contributed by atoms with van der Waals surface area (Å²) in [5.41, 5.74) is 2.09. The summed E-state index contributed by atoms with van der Waals surface area (Å²) in [6, 6.07) is 5.95. The van der Waals surface area contributed by atoms with E-state index in [1.807, 2.05) is 6.20 Å². The molecule has 3 N–H and O–H groups in total. The van der Waals surface area contributed by atoms with Crippen molar-refractivity contribution >= 4 is 40.8 Å². The number of rotatable bonds is 5. The number of halogens is 2. The average Bonchev–Trinajstić information content (AvgIpc) is 3.03. The number of aliphatic imine (C=N–C) groups is 1. The molecule has 1 aromatic heterocycles. The van der Waals surface area contributed by atoms with Gasteiger partial charge in [0, 0.05) is 55.9 Å². The molecule has 0 spiro atoms. The van der Waals surface area contributed by atoms with E-state index in [1.54, 1.807) is 19.2 Å². The van der Waals surface area contributed by atoms with Crippen molar-refractivity contribution in [1.82, 2.24) is 20.5 Å². The maximum atomic E-state index is 13.5. The van der Waals surface area contributed by atoms with Gasteiger partial charge >= 0.3 is 0 Å². The summed E-state index contributed by atoms with van der Waals surface area (Å²) < 4.78 is 13.5. The van der Waals surface area contributed by atoms with Gasteiger partial charge < -0.3 is 20.5 Å². The summed E-state index contributed by atoms with van der Waals surface area (Å²) in [5.74, 6) is 0.649. The van der Waals surface area contributed by atoms with Gasteiger partial charge in [0.05, 0.1) is 0 Å². The highest BCUT2D eigenvalue weighted by Gasteiger charge is 2.21. The number of guanidine groups is 1. The van der Waals surface area contributed by atoms with Gasteiger partial charge in [0.2, 0.25) is 0 Å². The molecule has 0 saturated carbocycles. The van der Waals surface area contributed by atoms with E-state index in [0.717, 1.165) is 61.3 Å². The molecule has 5 nitrogen and oxygen atoms in total. The SMILES string of the molecule is CN=C(NCCc1c[nH]c2ccc(F)cc12)NC1CCN(C(C)C)CC1.I. The third-order valence-corrected chi connectivity index (χ3v) is 5.24. The standard InChI is InChI=1S/C20H30FN5.HI/c1-14(2)26-10-7-17(8-11-26)25-20(22-3)23-9-6-15-13-24-19-5-4-16(21)12-18(15)19;/h4-5,12-14,17,24H,6-11H2,1-3H3,(H2,22,23,25);1H. The van der Waals surface area contributed by atoms with Crippen LogP contribution in [-0.4, -0.2) is 54.6 Å². The predicted octanol–water partition coefficient (Wildman–Crippen LogP) is 3.51. The van der Waals surface area contributed by atoms with Gasteiger partial charge in [0.25, 0.3) is 0 Å². The van der Waals surface area contributed by atoms with Crippen LogP contribution in [0.5, 0.6) is 0 Å². The minimum atomic E-state index is -0.198. The second kappa shape index (κ2) is 10.3. The number of hydrogen-bond acceptors (Lipinski definition) is 2. The molecule has 0 amide bonds. The van der Waals surface area contributed by atoms with E-state index in [1.165, 1.54) is 6.07 Å². The summed E-state index contributed by atoms with van der Waals surface area (Å²) in [4.78, 5) is 10.1. The smallest absolute Gasteiger partial charge is 0.191 e. The quantitative estimate of drug-likeness (QED) is 0.344. The first-order valence-electron chi connectivity index (χ1n) is 9.53. The van der Waals surface area contributed by atoms with Crippen LogP contribution in [0.4, 0.5) is 4.39 Å². The highest BCUT2D eigenvalue weighted by Crippen LogP contribution is 2.19. The lowest BCUT2D eigenvalue weighted by Gasteiger charge is -2.35. The third kappa shape index (κ3) is 5.81. The second-order valence-corrected chi connectivity index (χ2v) is 7.30. The fourth-order valence-electron chi connectivity index (χ4n) is 3.62. The third-order valence-electron chi connectivity index (χ3n) is 5.24. The molecule has 2 aromatic rings. The van der Waals surface area contributed by atoms with Gasteiger partial charge in [0.1, 0.15) is 5.82 Å². The van der Waals surface area contributed by atoms with Crippen LogP contribution < -0.4 is 10.6 Å². The lowest BCUT2D eigenvalue weighted by Crippen LogP contribution is -2.50. The Morgan fingerprint density at radius 2 is 2.07 bits per heavy atom. The molecule has 150 valence electrons. The van der Waals surface area contributed by atoms with Crippen LogP contribution in [0.1, 0.15) is 32.3 Å². The minimum absolute atomic E-state index is 0. The highest BCUT2D eigenvalue weighted by atomic mass is 127. The molecule has 0 bridgehead atoms. The Morgan fingerprint density at radius 1 is 1.33 bits per heavy atom.